The van der Waals surface area contributed by atoms with Gasteiger partial charge in [-0.15, -0.1) is 0 Å². The molecular formula is C31H15F46N2+. The van der Waals surface area contributed by atoms with Gasteiger partial charge in [0.1, 0.15) is 12.4 Å². The van der Waals surface area contributed by atoms with Crippen molar-refractivity contribution in [2.45, 2.75) is 170 Å². The third-order valence-electron chi connectivity index (χ3n) is 10.5. The number of alkyl halides is 46. The summed E-state index contributed by atoms with van der Waals surface area (Å²) in [5.74, 6) is -176. The zero-order valence-electron chi connectivity index (χ0n) is 35.3. The minimum absolute atomic E-state index is 0.255. The first kappa shape index (κ1) is 73.0. The van der Waals surface area contributed by atoms with Crippen LogP contribution >= 0.6 is 0 Å². The lowest BCUT2D eigenvalue weighted by Crippen LogP contribution is -2.79. The lowest BCUT2D eigenvalue weighted by molar-refractivity contribution is -0.697. The van der Waals surface area contributed by atoms with Crippen LogP contribution < -0.4 is 4.57 Å². The minimum Gasteiger partial charge on any atom is -0.237 e. The maximum absolute atomic E-state index is 14.7. The van der Waals surface area contributed by atoms with Crippen molar-refractivity contribution in [1.82, 2.24) is 4.57 Å². The van der Waals surface area contributed by atoms with Gasteiger partial charge in [-0.3, -0.25) is 0 Å². The van der Waals surface area contributed by atoms with Crippen molar-refractivity contribution in [2.24, 2.45) is 0 Å². The van der Waals surface area contributed by atoms with Gasteiger partial charge in [-0.2, -0.15) is 207 Å². The van der Waals surface area contributed by atoms with Gasteiger partial charge in [-0.25, -0.2) is 4.57 Å². The molecule has 0 saturated carbocycles. The van der Waals surface area contributed by atoms with Crippen LogP contribution in [-0.2, 0) is 12.6 Å². The molecule has 79 heavy (non-hydrogen) atoms. The maximum atomic E-state index is 14.7. The van der Waals surface area contributed by atoms with Crippen LogP contribution in [0.15, 0.2) is 18.7 Å². The Bertz CT molecular complexity index is 2270. The molecule has 1 aromatic heterocycles. The Kier molecular flexibility index (Phi) is 17.8. The van der Waals surface area contributed by atoms with Crippen molar-refractivity contribution in [1.29, 1.82) is 0 Å². The molecule has 0 aliphatic rings. The van der Waals surface area contributed by atoms with Crippen LogP contribution in [0.2, 0.25) is 0 Å². The molecule has 0 amide bonds. The monoisotopic (exact) mass is 1290 g/mol. The molecule has 0 aliphatic heterocycles. The van der Waals surface area contributed by atoms with E-state index in [2.05, 4.69) is 0 Å². The third kappa shape index (κ3) is 9.49. The first-order valence-electron chi connectivity index (χ1n) is 18.5. The van der Waals surface area contributed by atoms with Crippen LogP contribution in [0.3, 0.4) is 0 Å². The Morgan fingerprint density at radius 2 is 0.456 bits per heavy atom. The molecule has 0 atom stereocenters. The number of rotatable bonds is 26. The van der Waals surface area contributed by atoms with Gasteiger partial charge in [0.2, 0.25) is 6.33 Å². The van der Waals surface area contributed by atoms with E-state index in [0.717, 1.165) is 0 Å². The molecule has 0 aromatic carbocycles. The average molecular weight is 1290 g/mol. The third-order valence-corrected chi connectivity index (χ3v) is 10.5. The summed E-state index contributed by atoms with van der Waals surface area (Å²) in [6.45, 7) is -1.37. The van der Waals surface area contributed by atoms with Gasteiger partial charge in [0.05, 0.1) is 6.54 Å². The average Bonchev–Trinajstić information content (AvgIpc) is 3.72. The number of hydrogen-bond acceptors (Lipinski definition) is 0. The molecule has 0 radical (unpaired) electrons. The van der Waals surface area contributed by atoms with E-state index in [1.807, 2.05) is 0 Å². The van der Waals surface area contributed by atoms with Crippen LogP contribution in [0.25, 0.3) is 0 Å². The minimum atomic E-state index is -10.2. The van der Waals surface area contributed by atoms with Crippen LogP contribution in [0.5, 0.6) is 0 Å². The van der Waals surface area contributed by atoms with Crippen molar-refractivity contribution >= 4 is 0 Å². The largest absolute Gasteiger partial charge is 0.469 e. The number of nitrogens with zero attached hydrogens (tertiary/aromatic N) is 2. The topological polar surface area (TPSA) is 8.81 Å². The summed E-state index contributed by atoms with van der Waals surface area (Å²) in [5, 5.41) is 0. The maximum Gasteiger partial charge on any atom is 0.469 e. The Labute approximate surface area is 400 Å². The zero-order chi connectivity index (χ0) is 64.5. The van der Waals surface area contributed by atoms with Gasteiger partial charge < -0.3 is 0 Å². The van der Waals surface area contributed by atoms with E-state index in [1.54, 1.807) is 0 Å². The number of aryl methyl sites for hydroxylation is 1. The fourth-order valence-corrected chi connectivity index (χ4v) is 5.54. The number of halogens is 46. The molecule has 0 N–H and O–H groups in total. The van der Waals surface area contributed by atoms with Gasteiger partial charge in [-0.05, 0) is 19.3 Å². The molecule has 0 spiro atoms. The van der Waals surface area contributed by atoms with Gasteiger partial charge in [0, 0.05) is 6.42 Å². The van der Waals surface area contributed by atoms with Crippen molar-refractivity contribution < 1.29 is 207 Å². The highest BCUT2D eigenvalue weighted by atomic mass is 19.5. The van der Waals surface area contributed by atoms with Crippen LogP contribution in [0.1, 0.15) is 32.1 Å². The Balaban J connectivity index is 3.50. The summed E-state index contributed by atoms with van der Waals surface area (Å²) in [6.07, 6.45) is -27.1. The van der Waals surface area contributed by atoms with E-state index in [0.29, 0.717) is 0 Å². The second-order valence-corrected chi connectivity index (χ2v) is 15.8. The molecule has 0 unspecified atom stereocenters. The van der Waals surface area contributed by atoms with Crippen LogP contribution in [0, 0.1) is 0 Å². The fraction of sp³-hybridized carbons (Fsp3) is 0.903. The van der Waals surface area contributed by atoms with Gasteiger partial charge in [0.15, 0.2) is 0 Å². The quantitative estimate of drug-likeness (QED) is 0.0497. The van der Waals surface area contributed by atoms with E-state index >= 15 is 0 Å². The molecule has 0 aliphatic carbocycles. The molecule has 2 nitrogen and oxygen atoms in total. The van der Waals surface area contributed by atoms with E-state index in [1.165, 1.54) is 0 Å². The highest BCUT2D eigenvalue weighted by Crippen LogP contribution is 2.70. The fourth-order valence-electron chi connectivity index (χ4n) is 5.54. The normalized spacial score (nSPS) is 16.8. The van der Waals surface area contributed by atoms with Gasteiger partial charge in [0.25, 0.3) is 0 Å². The molecule has 1 rings (SSSR count). The second-order valence-electron chi connectivity index (χ2n) is 15.8. The number of hydrogen-bond donors (Lipinski definition) is 0. The Morgan fingerprint density at radius 1 is 0.241 bits per heavy atom. The van der Waals surface area contributed by atoms with Crippen molar-refractivity contribution in [3.8, 4) is 0 Å². The van der Waals surface area contributed by atoms with Crippen molar-refractivity contribution in [2.75, 3.05) is 0 Å². The highest BCUT2D eigenvalue weighted by molar-refractivity contribution is 5.21. The zero-order valence-corrected chi connectivity index (χ0v) is 35.3. The van der Waals surface area contributed by atoms with Gasteiger partial charge in [-0.1, -0.05) is 6.42 Å². The van der Waals surface area contributed by atoms with E-state index < -0.39 is 187 Å². The predicted molar refractivity (Wildman–Crippen MR) is 154 cm³/mol. The molecule has 0 saturated heterocycles. The lowest BCUT2D eigenvalue weighted by Gasteiger charge is -2.46. The SMILES string of the molecule is FC(F)(F)C(F)(F)C(F)(F)C(F)(F)C(F)(F)C(F)(F)C(F)(F)C(F)(F)CCCCCC[n+]1ccn(C(F)(F)C(F)(F)C(F)(F)C(F)(F)C(F)(F)C(F)(F)C(F)(F)C(F)(F)C(F)(F)C(F)(F)C(F)(F)C(F)(F)C(F)(F)C(F)(F)F)c1. The molecule has 1 heterocycles. The van der Waals surface area contributed by atoms with Crippen molar-refractivity contribution in [3.05, 3.63) is 18.7 Å². The summed E-state index contributed by atoms with van der Waals surface area (Å²) in [6, 6.07) is -7.60. The van der Waals surface area contributed by atoms with Crippen molar-refractivity contribution in [3.63, 3.8) is 0 Å². The second kappa shape index (κ2) is 19.3. The Hall–Kier alpha value is -4.01. The van der Waals surface area contributed by atoms with Gasteiger partial charge >= 0.3 is 131 Å². The lowest BCUT2D eigenvalue weighted by atomic mass is 9.83. The number of imidazole rings is 1. The summed E-state index contributed by atoms with van der Waals surface area (Å²) in [4.78, 5) is 0. The van der Waals surface area contributed by atoms with E-state index in [9.17, 15) is 202 Å². The van der Waals surface area contributed by atoms with Crippen LogP contribution in [0.4, 0.5) is 202 Å². The number of aromatic nitrogens is 2. The molecular weight excluding hydrogens is 1270 g/mol. The summed E-state index contributed by atoms with van der Waals surface area (Å²) in [5.41, 5.74) is 0. The summed E-state index contributed by atoms with van der Waals surface area (Å²) < 4.78 is 626. The molecule has 0 bridgehead atoms. The molecule has 0 fully saturated rings. The summed E-state index contributed by atoms with van der Waals surface area (Å²) >= 11 is 0. The smallest absolute Gasteiger partial charge is 0.237 e. The molecule has 470 valence electrons. The molecule has 48 heteroatoms. The Morgan fingerprint density at radius 3 is 0.709 bits per heavy atom. The first-order chi connectivity index (χ1) is 33.7. The molecule has 1 aromatic rings. The van der Waals surface area contributed by atoms with E-state index in [4.69, 9.17) is 0 Å². The number of unbranched alkanes of at least 4 members (excludes halogenated alkanes) is 3. The standard InChI is InChI=1S/C31H15F46N2/c32-10(33,11(34,35)12(36,37)13(38,39)20(52,53)23(58,59)26(64,65)29(70,71)72)5-3-1-2-4-6-78-7-8-79(9-78)31(76,77)28(68,69)25(62,63)22(56,57)19(50,51)17(46,47)15(42,43)14(40,41)16(44,45)18(48,49)21(54,55)24(60,61)27(66,67)30(73,74)75/h7-9H,1-6H2/q+1. The highest BCUT2D eigenvalue weighted by Gasteiger charge is 3.02. The first-order valence-corrected chi connectivity index (χ1v) is 18.5. The predicted octanol–water partition coefficient (Wildman–Crippen LogP) is 16.5. The van der Waals surface area contributed by atoms with E-state index in [-0.39, 0.29) is 10.8 Å². The summed E-state index contributed by atoms with van der Waals surface area (Å²) in [7, 11) is 0. The van der Waals surface area contributed by atoms with Crippen LogP contribution in [-0.4, -0.2) is 129 Å².